The molecule has 2 aliphatic carbocycles. The fraction of sp³-hybridized carbons (Fsp3) is 1.00. The second kappa shape index (κ2) is 3.71. The van der Waals surface area contributed by atoms with Crippen molar-refractivity contribution in [2.24, 2.45) is 22.7 Å². The summed E-state index contributed by atoms with van der Waals surface area (Å²) >= 11 is 0. The van der Waals surface area contributed by atoms with E-state index in [9.17, 15) is 10.2 Å². The maximum atomic E-state index is 10.7. The Kier molecular flexibility index (Phi) is 2.91. The standard InChI is InChI=1S/C15H28O2/c1-6-15-9-12(16)14(5,17)13(3,4)11(15)8-7-10(15)2/h10-12,16-17H,6-9H2,1-5H3/t10-,11+,12-,14-,15-/m1/s1. The summed E-state index contributed by atoms with van der Waals surface area (Å²) in [5.41, 5.74) is -0.920. The first-order valence-electron chi connectivity index (χ1n) is 7.10. The lowest BCUT2D eigenvalue weighted by molar-refractivity contribution is -0.222. The van der Waals surface area contributed by atoms with Crippen molar-refractivity contribution >= 4 is 0 Å². The number of hydrogen-bond donors (Lipinski definition) is 2. The first kappa shape index (κ1) is 13.4. The molecule has 5 atom stereocenters. The largest absolute Gasteiger partial charge is 0.390 e. The maximum Gasteiger partial charge on any atom is 0.0931 e. The summed E-state index contributed by atoms with van der Waals surface area (Å²) in [5.74, 6) is 1.20. The lowest BCUT2D eigenvalue weighted by Gasteiger charge is -2.59. The van der Waals surface area contributed by atoms with Gasteiger partial charge in [-0.05, 0) is 55.3 Å². The zero-order valence-electron chi connectivity index (χ0n) is 12.0. The van der Waals surface area contributed by atoms with Crippen LogP contribution >= 0.6 is 0 Å². The molecule has 17 heavy (non-hydrogen) atoms. The van der Waals surface area contributed by atoms with Gasteiger partial charge < -0.3 is 10.2 Å². The molecule has 0 radical (unpaired) electrons. The van der Waals surface area contributed by atoms with E-state index < -0.39 is 11.7 Å². The normalized spacial score (nSPS) is 53.5. The zero-order chi connectivity index (χ0) is 13.1. The zero-order valence-corrected chi connectivity index (χ0v) is 12.0. The van der Waals surface area contributed by atoms with Crippen LogP contribution in [0.1, 0.15) is 60.3 Å². The summed E-state index contributed by atoms with van der Waals surface area (Å²) in [6.07, 6.45) is 3.74. The SMILES string of the molecule is CC[C@]12C[C@@H](O)[C@@](C)(O)C(C)(C)[C@@H]1CC[C@H]2C. The molecular formula is C15H28O2. The molecule has 0 amide bonds. The predicted octanol–water partition coefficient (Wildman–Crippen LogP) is 2.97. The van der Waals surface area contributed by atoms with E-state index in [2.05, 4.69) is 27.7 Å². The Morgan fingerprint density at radius 2 is 1.76 bits per heavy atom. The third-order valence-corrected chi connectivity index (χ3v) is 6.62. The second-order valence-corrected chi connectivity index (χ2v) is 7.21. The molecule has 0 unspecified atom stereocenters. The van der Waals surface area contributed by atoms with Gasteiger partial charge >= 0.3 is 0 Å². The number of aliphatic hydroxyl groups excluding tert-OH is 1. The summed E-state index contributed by atoms with van der Waals surface area (Å²) in [7, 11) is 0. The molecule has 2 saturated carbocycles. The molecule has 0 aromatic carbocycles. The topological polar surface area (TPSA) is 40.5 Å². The van der Waals surface area contributed by atoms with E-state index in [4.69, 9.17) is 0 Å². The van der Waals surface area contributed by atoms with Crippen molar-refractivity contribution < 1.29 is 10.2 Å². The van der Waals surface area contributed by atoms with Gasteiger partial charge in [0.25, 0.3) is 0 Å². The third kappa shape index (κ3) is 1.46. The molecule has 2 fully saturated rings. The van der Waals surface area contributed by atoms with Crippen LogP contribution in [0.25, 0.3) is 0 Å². The molecular weight excluding hydrogens is 212 g/mol. The van der Waals surface area contributed by atoms with Crippen LogP contribution in [0.3, 0.4) is 0 Å². The van der Waals surface area contributed by atoms with Crippen LogP contribution in [-0.4, -0.2) is 21.9 Å². The maximum absolute atomic E-state index is 10.7. The van der Waals surface area contributed by atoms with Gasteiger partial charge in [0.15, 0.2) is 0 Å². The van der Waals surface area contributed by atoms with Gasteiger partial charge in [-0.1, -0.05) is 27.7 Å². The highest BCUT2D eigenvalue weighted by Crippen LogP contribution is 2.65. The first-order chi connectivity index (χ1) is 7.70. The van der Waals surface area contributed by atoms with Crippen molar-refractivity contribution in [1.29, 1.82) is 0 Å². The Labute approximate surface area is 105 Å². The second-order valence-electron chi connectivity index (χ2n) is 7.21. The van der Waals surface area contributed by atoms with Gasteiger partial charge in [-0.2, -0.15) is 0 Å². The average Bonchev–Trinajstić information content (AvgIpc) is 2.56. The Morgan fingerprint density at radius 3 is 2.29 bits per heavy atom. The van der Waals surface area contributed by atoms with Crippen LogP contribution in [-0.2, 0) is 0 Å². The van der Waals surface area contributed by atoms with E-state index in [1.807, 2.05) is 6.92 Å². The minimum Gasteiger partial charge on any atom is -0.390 e. The Balaban J connectivity index is 2.47. The van der Waals surface area contributed by atoms with Crippen molar-refractivity contribution in [3.8, 4) is 0 Å². The van der Waals surface area contributed by atoms with Crippen LogP contribution in [0.5, 0.6) is 0 Å². The quantitative estimate of drug-likeness (QED) is 0.740. The van der Waals surface area contributed by atoms with Gasteiger partial charge in [-0.3, -0.25) is 0 Å². The molecule has 2 rings (SSSR count). The van der Waals surface area contributed by atoms with Crippen LogP contribution in [0.15, 0.2) is 0 Å². The minimum absolute atomic E-state index is 0.203. The average molecular weight is 240 g/mol. The summed E-state index contributed by atoms with van der Waals surface area (Å²) in [6, 6.07) is 0. The molecule has 100 valence electrons. The van der Waals surface area contributed by atoms with E-state index >= 15 is 0 Å². The lowest BCUT2D eigenvalue weighted by Crippen LogP contribution is -2.63. The monoisotopic (exact) mass is 240 g/mol. The summed E-state index contributed by atoms with van der Waals surface area (Å²) in [4.78, 5) is 0. The van der Waals surface area contributed by atoms with Crippen molar-refractivity contribution in [2.75, 3.05) is 0 Å². The summed E-state index contributed by atoms with van der Waals surface area (Å²) in [5, 5.41) is 21.0. The number of hydrogen-bond acceptors (Lipinski definition) is 2. The summed E-state index contributed by atoms with van der Waals surface area (Å²) < 4.78 is 0. The molecule has 0 aromatic heterocycles. The van der Waals surface area contributed by atoms with Crippen LogP contribution in [0.4, 0.5) is 0 Å². The lowest BCUT2D eigenvalue weighted by atomic mass is 9.48. The highest BCUT2D eigenvalue weighted by atomic mass is 16.3. The molecule has 0 aromatic rings. The predicted molar refractivity (Wildman–Crippen MR) is 69.6 cm³/mol. The Bertz CT molecular complexity index is 308. The molecule has 0 saturated heterocycles. The smallest absolute Gasteiger partial charge is 0.0931 e. The highest BCUT2D eigenvalue weighted by Gasteiger charge is 2.64. The van der Waals surface area contributed by atoms with Gasteiger partial charge in [-0.15, -0.1) is 0 Å². The van der Waals surface area contributed by atoms with Crippen molar-refractivity contribution in [3.63, 3.8) is 0 Å². The van der Waals surface area contributed by atoms with E-state index in [0.717, 1.165) is 12.8 Å². The summed E-state index contributed by atoms with van der Waals surface area (Å²) in [6.45, 7) is 10.7. The van der Waals surface area contributed by atoms with Crippen molar-refractivity contribution in [1.82, 2.24) is 0 Å². The molecule has 2 heteroatoms. The van der Waals surface area contributed by atoms with E-state index in [1.165, 1.54) is 12.8 Å². The van der Waals surface area contributed by atoms with Gasteiger partial charge in [-0.25, -0.2) is 0 Å². The van der Waals surface area contributed by atoms with Gasteiger partial charge in [0.1, 0.15) is 0 Å². The third-order valence-electron chi connectivity index (χ3n) is 6.62. The van der Waals surface area contributed by atoms with E-state index in [0.29, 0.717) is 11.8 Å². The van der Waals surface area contributed by atoms with Crippen molar-refractivity contribution in [2.45, 2.75) is 72.0 Å². The van der Waals surface area contributed by atoms with E-state index in [1.54, 1.807) is 0 Å². The molecule has 2 aliphatic rings. The highest BCUT2D eigenvalue weighted by molar-refractivity contribution is 5.13. The van der Waals surface area contributed by atoms with Gasteiger partial charge in [0.2, 0.25) is 0 Å². The molecule has 0 aliphatic heterocycles. The Morgan fingerprint density at radius 1 is 1.18 bits per heavy atom. The van der Waals surface area contributed by atoms with E-state index in [-0.39, 0.29) is 10.8 Å². The molecule has 0 heterocycles. The van der Waals surface area contributed by atoms with Gasteiger partial charge in [0.05, 0.1) is 11.7 Å². The van der Waals surface area contributed by atoms with Crippen LogP contribution in [0, 0.1) is 22.7 Å². The molecule has 2 nitrogen and oxygen atoms in total. The molecule has 0 bridgehead atoms. The van der Waals surface area contributed by atoms with Crippen molar-refractivity contribution in [3.05, 3.63) is 0 Å². The van der Waals surface area contributed by atoms with Crippen LogP contribution in [0.2, 0.25) is 0 Å². The number of rotatable bonds is 1. The fourth-order valence-corrected chi connectivity index (χ4v) is 4.84. The Hall–Kier alpha value is -0.0800. The van der Waals surface area contributed by atoms with Gasteiger partial charge in [0, 0.05) is 0 Å². The molecule has 2 N–H and O–H groups in total. The van der Waals surface area contributed by atoms with Crippen LogP contribution < -0.4 is 0 Å². The fourth-order valence-electron chi connectivity index (χ4n) is 4.84. The number of fused-ring (bicyclic) bond motifs is 1. The minimum atomic E-state index is -0.958. The first-order valence-corrected chi connectivity index (χ1v) is 7.10. The number of aliphatic hydroxyl groups is 2. The molecule has 0 spiro atoms.